The van der Waals surface area contributed by atoms with Crippen LogP contribution in [0.2, 0.25) is 0 Å². The van der Waals surface area contributed by atoms with Crippen molar-refractivity contribution in [3.05, 3.63) is 28.2 Å². The lowest BCUT2D eigenvalue weighted by atomic mass is 10.2. The molecule has 1 aromatic carbocycles. The molecular weight excluding hydrogens is 316 g/mol. The van der Waals surface area contributed by atoms with E-state index in [2.05, 4.69) is 39.2 Å². The highest BCUT2D eigenvalue weighted by Crippen LogP contribution is 2.19. The number of hydrogen-bond donors (Lipinski definition) is 3. The summed E-state index contributed by atoms with van der Waals surface area (Å²) in [5.74, 6) is -0.286. The van der Waals surface area contributed by atoms with Crippen LogP contribution in [0.5, 0.6) is 0 Å². The minimum absolute atomic E-state index is 0.248. The van der Waals surface area contributed by atoms with Gasteiger partial charge in [-0.1, -0.05) is 15.9 Å². The number of rotatable bonds is 4. The maximum Gasteiger partial charge on any atom is 0.247 e. The third kappa shape index (κ3) is 4.70. The van der Waals surface area contributed by atoms with E-state index in [9.17, 15) is 9.59 Å². The average molecular weight is 331 g/mol. The summed E-state index contributed by atoms with van der Waals surface area (Å²) in [6, 6.07) is 4.96. The fraction of sp³-hybridized carbons (Fsp3) is 0.333. The zero-order chi connectivity index (χ0) is 13.7. The van der Waals surface area contributed by atoms with Gasteiger partial charge in [0.15, 0.2) is 0 Å². The Labute approximate surface area is 120 Å². The summed E-state index contributed by atoms with van der Waals surface area (Å²) in [6.45, 7) is 3.30. The van der Waals surface area contributed by atoms with Crippen molar-refractivity contribution in [3.63, 3.8) is 0 Å². The first kappa shape index (κ1) is 15.0. The molecule has 1 aromatic rings. The molecule has 4 nitrogen and oxygen atoms in total. The van der Waals surface area contributed by atoms with Crippen LogP contribution in [0.4, 0.5) is 5.69 Å². The summed E-state index contributed by atoms with van der Waals surface area (Å²) in [4.78, 5) is 22.9. The molecule has 18 heavy (non-hydrogen) atoms. The SMILES string of the molecule is CC(=O)NC(CS)C(=O)Nc1cc(C)cc(Br)c1. The number of amides is 2. The van der Waals surface area contributed by atoms with Crippen molar-refractivity contribution in [2.45, 2.75) is 19.9 Å². The molecule has 0 aliphatic heterocycles. The Morgan fingerprint density at radius 1 is 1.39 bits per heavy atom. The highest BCUT2D eigenvalue weighted by molar-refractivity contribution is 9.10. The first-order valence-corrected chi connectivity index (χ1v) is 6.81. The lowest BCUT2D eigenvalue weighted by Crippen LogP contribution is -2.44. The summed E-state index contributed by atoms with van der Waals surface area (Å²) in [7, 11) is 0. The average Bonchev–Trinajstić information content (AvgIpc) is 2.23. The number of aryl methyl sites for hydroxylation is 1. The minimum Gasteiger partial charge on any atom is -0.344 e. The van der Waals surface area contributed by atoms with Crippen LogP contribution in [-0.4, -0.2) is 23.6 Å². The number of anilines is 1. The van der Waals surface area contributed by atoms with Gasteiger partial charge in [-0.15, -0.1) is 0 Å². The van der Waals surface area contributed by atoms with Gasteiger partial charge < -0.3 is 10.6 Å². The van der Waals surface area contributed by atoms with Gasteiger partial charge >= 0.3 is 0 Å². The minimum atomic E-state index is -0.634. The second kappa shape index (κ2) is 6.80. The topological polar surface area (TPSA) is 58.2 Å². The van der Waals surface area contributed by atoms with Crippen LogP contribution in [-0.2, 0) is 9.59 Å². The predicted octanol–water partition coefficient (Wildman–Crippen LogP) is 2.13. The van der Waals surface area contributed by atoms with Gasteiger partial charge in [0.1, 0.15) is 6.04 Å². The highest BCUT2D eigenvalue weighted by Gasteiger charge is 2.17. The molecule has 6 heteroatoms. The van der Waals surface area contributed by atoms with Crippen molar-refractivity contribution in [1.29, 1.82) is 0 Å². The number of nitrogens with one attached hydrogen (secondary N) is 2. The van der Waals surface area contributed by atoms with Crippen LogP contribution in [0.15, 0.2) is 22.7 Å². The third-order valence-electron chi connectivity index (χ3n) is 2.19. The Hall–Kier alpha value is -1.01. The Balaban J connectivity index is 2.76. The van der Waals surface area contributed by atoms with E-state index in [1.165, 1.54) is 6.92 Å². The van der Waals surface area contributed by atoms with Crippen LogP contribution in [0.3, 0.4) is 0 Å². The third-order valence-corrected chi connectivity index (χ3v) is 3.01. The van der Waals surface area contributed by atoms with Crippen molar-refractivity contribution >= 4 is 46.1 Å². The molecule has 0 aromatic heterocycles. The second-order valence-electron chi connectivity index (χ2n) is 3.94. The summed E-state index contributed by atoms with van der Waals surface area (Å²) < 4.78 is 0.889. The van der Waals surface area contributed by atoms with E-state index in [-0.39, 0.29) is 17.6 Å². The lowest BCUT2D eigenvalue weighted by Gasteiger charge is -2.15. The molecule has 2 N–H and O–H groups in total. The van der Waals surface area contributed by atoms with Crippen molar-refractivity contribution in [3.8, 4) is 0 Å². The standard InChI is InChI=1S/C12H15BrN2O2S/c1-7-3-9(13)5-10(4-7)15-12(17)11(6-18)14-8(2)16/h3-5,11,18H,6H2,1-2H3,(H,14,16)(H,15,17). The number of carbonyl (C=O) groups excluding carboxylic acids is 2. The van der Waals surface area contributed by atoms with Gasteiger partial charge in [-0.3, -0.25) is 9.59 Å². The van der Waals surface area contributed by atoms with Crippen molar-refractivity contribution in [2.75, 3.05) is 11.1 Å². The Kier molecular flexibility index (Phi) is 5.68. The van der Waals surface area contributed by atoms with E-state index in [0.29, 0.717) is 5.69 Å². The van der Waals surface area contributed by atoms with Crippen LogP contribution >= 0.6 is 28.6 Å². The largest absolute Gasteiger partial charge is 0.344 e. The van der Waals surface area contributed by atoms with Crippen LogP contribution in [0, 0.1) is 6.92 Å². The van der Waals surface area contributed by atoms with E-state index < -0.39 is 6.04 Å². The Bertz CT molecular complexity index is 445. The molecule has 0 saturated heterocycles. The van der Waals surface area contributed by atoms with Crippen molar-refractivity contribution < 1.29 is 9.59 Å². The van der Waals surface area contributed by atoms with Crippen molar-refractivity contribution in [2.24, 2.45) is 0 Å². The molecule has 0 saturated carbocycles. The molecule has 0 bridgehead atoms. The highest BCUT2D eigenvalue weighted by atomic mass is 79.9. The Morgan fingerprint density at radius 2 is 2.06 bits per heavy atom. The van der Waals surface area contributed by atoms with E-state index in [4.69, 9.17) is 0 Å². The lowest BCUT2D eigenvalue weighted by molar-refractivity contribution is -0.124. The normalized spacial score (nSPS) is 11.8. The molecule has 1 atom stereocenters. The van der Waals surface area contributed by atoms with Gasteiger partial charge in [-0.2, -0.15) is 12.6 Å². The van der Waals surface area contributed by atoms with Gasteiger partial charge in [0.25, 0.3) is 0 Å². The second-order valence-corrected chi connectivity index (χ2v) is 5.22. The van der Waals surface area contributed by atoms with Gasteiger partial charge in [0.2, 0.25) is 11.8 Å². The fourth-order valence-electron chi connectivity index (χ4n) is 1.48. The first-order valence-electron chi connectivity index (χ1n) is 5.38. The molecule has 0 aliphatic carbocycles. The molecule has 0 fully saturated rings. The van der Waals surface area contributed by atoms with E-state index in [1.807, 2.05) is 19.1 Å². The summed E-state index contributed by atoms with van der Waals surface area (Å²) >= 11 is 7.41. The smallest absolute Gasteiger partial charge is 0.247 e. The number of thiol groups is 1. The van der Waals surface area contributed by atoms with Gasteiger partial charge in [-0.25, -0.2) is 0 Å². The summed E-state index contributed by atoms with van der Waals surface area (Å²) in [5.41, 5.74) is 1.71. The summed E-state index contributed by atoms with van der Waals surface area (Å²) in [5, 5.41) is 5.29. The maximum atomic E-state index is 11.9. The molecule has 0 radical (unpaired) electrons. The van der Waals surface area contributed by atoms with Crippen molar-refractivity contribution in [1.82, 2.24) is 5.32 Å². The number of carbonyl (C=O) groups is 2. The fourth-order valence-corrected chi connectivity index (χ4v) is 2.34. The number of halogens is 1. The molecule has 1 rings (SSSR count). The number of benzene rings is 1. The van der Waals surface area contributed by atoms with E-state index >= 15 is 0 Å². The van der Waals surface area contributed by atoms with Crippen LogP contribution < -0.4 is 10.6 Å². The van der Waals surface area contributed by atoms with Gasteiger partial charge in [0.05, 0.1) is 0 Å². The van der Waals surface area contributed by atoms with Gasteiger partial charge in [-0.05, 0) is 30.7 Å². The molecule has 0 heterocycles. The molecule has 2 amide bonds. The zero-order valence-electron chi connectivity index (χ0n) is 10.2. The monoisotopic (exact) mass is 330 g/mol. The Morgan fingerprint density at radius 3 is 2.56 bits per heavy atom. The van der Waals surface area contributed by atoms with E-state index in [1.54, 1.807) is 6.07 Å². The van der Waals surface area contributed by atoms with Crippen LogP contribution in [0.1, 0.15) is 12.5 Å². The molecule has 1 unspecified atom stereocenters. The first-order chi connectivity index (χ1) is 8.42. The molecule has 0 spiro atoms. The van der Waals surface area contributed by atoms with Crippen LogP contribution in [0.25, 0.3) is 0 Å². The quantitative estimate of drug-likeness (QED) is 0.741. The maximum absolute atomic E-state index is 11.9. The molecule has 98 valence electrons. The van der Waals surface area contributed by atoms with E-state index in [0.717, 1.165) is 10.0 Å². The van der Waals surface area contributed by atoms with Gasteiger partial charge in [0, 0.05) is 22.8 Å². The molecular formula is C12H15BrN2O2S. The summed E-state index contributed by atoms with van der Waals surface area (Å²) in [6.07, 6.45) is 0. The number of hydrogen-bond acceptors (Lipinski definition) is 3. The molecule has 0 aliphatic rings. The zero-order valence-corrected chi connectivity index (χ0v) is 12.6. The predicted molar refractivity (Wildman–Crippen MR) is 79.0 cm³/mol.